The van der Waals surface area contributed by atoms with Crippen molar-refractivity contribution in [2.75, 3.05) is 20.8 Å². The zero-order valence-electron chi connectivity index (χ0n) is 20.0. The molecule has 0 aliphatic carbocycles. The minimum atomic E-state index is -1.12. The molecule has 1 aliphatic rings. The van der Waals surface area contributed by atoms with Crippen LogP contribution in [0.25, 0.3) is 0 Å². The first kappa shape index (κ1) is 25.2. The summed E-state index contributed by atoms with van der Waals surface area (Å²) in [7, 11) is 3.27. The third-order valence-electron chi connectivity index (χ3n) is 5.91. The molecule has 4 atom stereocenters. The maximum absolute atomic E-state index is 10.6. The summed E-state index contributed by atoms with van der Waals surface area (Å²) in [4.78, 5) is 0. The van der Waals surface area contributed by atoms with E-state index in [2.05, 4.69) is 0 Å². The van der Waals surface area contributed by atoms with E-state index in [1.165, 1.54) is 0 Å². The van der Waals surface area contributed by atoms with E-state index in [9.17, 15) is 5.11 Å². The largest absolute Gasteiger partial charge is 0.497 e. The van der Waals surface area contributed by atoms with Gasteiger partial charge < -0.3 is 33.5 Å². The van der Waals surface area contributed by atoms with Crippen LogP contribution in [0.15, 0.2) is 78.9 Å². The number of ether oxygens (including phenoxy) is 6. The molecule has 1 heterocycles. The number of benzene rings is 3. The van der Waals surface area contributed by atoms with E-state index in [0.29, 0.717) is 19.8 Å². The van der Waals surface area contributed by atoms with Gasteiger partial charge in [-0.2, -0.15) is 0 Å². The fraction of sp³-hybridized carbons (Fsp3) is 0.357. The van der Waals surface area contributed by atoms with Crippen LogP contribution in [0, 0.1) is 0 Å². The molecule has 1 fully saturated rings. The second kappa shape index (κ2) is 12.7. The van der Waals surface area contributed by atoms with Gasteiger partial charge >= 0.3 is 0 Å². The van der Waals surface area contributed by atoms with Gasteiger partial charge in [0.25, 0.3) is 0 Å². The van der Waals surface area contributed by atoms with Crippen LogP contribution in [-0.4, -0.2) is 50.5 Å². The Labute approximate surface area is 206 Å². The van der Waals surface area contributed by atoms with Crippen LogP contribution in [0.3, 0.4) is 0 Å². The van der Waals surface area contributed by atoms with Crippen LogP contribution < -0.4 is 9.47 Å². The van der Waals surface area contributed by atoms with Gasteiger partial charge in [-0.15, -0.1) is 0 Å². The monoisotopic (exact) mass is 480 g/mol. The predicted octanol–water partition coefficient (Wildman–Crippen LogP) is 4.11. The SMILES string of the molecule is COc1ccc(CO[C@@H]2[C@@H](OCc3ccccc3)[C@@H](O)OC[C@H]2OCc2ccc(OC)cc2)cc1. The summed E-state index contributed by atoms with van der Waals surface area (Å²) in [6.07, 6.45) is -2.81. The molecular weight excluding hydrogens is 448 g/mol. The van der Waals surface area contributed by atoms with E-state index >= 15 is 0 Å². The predicted molar refractivity (Wildman–Crippen MR) is 130 cm³/mol. The summed E-state index contributed by atoms with van der Waals surface area (Å²) in [6.45, 7) is 1.20. The molecular formula is C28H32O7. The summed E-state index contributed by atoms with van der Waals surface area (Å²) in [6, 6.07) is 25.2. The first-order valence-electron chi connectivity index (χ1n) is 11.6. The Balaban J connectivity index is 1.46. The molecule has 7 nitrogen and oxygen atoms in total. The van der Waals surface area contributed by atoms with Gasteiger partial charge in [0.15, 0.2) is 6.29 Å². The average Bonchev–Trinajstić information content (AvgIpc) is 2.92. The van der Waals surface area contributed by atoms with Gasteiger partial charge in [0.2, 0.25) is 0 Å². The number of rotatable bonds is 11. The van der Waals surface area contributed by atoms with Crippen LogP contribution >= 0.6 is 0 Å². The molecule has 1 saturated heterocycles. The lowest BCUT2D eigenvalue weighted by molar-refractivity contribution is -0.286. The van der Waals surface area contributed by atoms with Crippen molar-refractivity contribution in [2.24, 2.45) is 0 Å². The van der Waals surface area contributed by atoms with Crippen LogP contribution in [0.2, 0.25) is 0 Å². The Morgan fingerprint density at radius 1 is 0.657 bits per heavy atom. The van der Waals surface area contributed by atoms with E-state index in [-0.39, 0.29) is 6.61 Å². The second-order valence-corrected chi connectivity index (χ2v) is 8.31. The van der Waals surface area contributed by atoms with Crippen LogP contribution in [0.4, 0.5) is 0 Å². The van der Waals surface area contributed by atoms with E-state index in [1.54, 1.807) is 14.2 Å². The molecule has 0 bridgehead atoms. The molecule has 1 aliphatic heterocycles. The highest BCUT2D eigenvalue weighted by Gasteiger charge is 2.42. The maximum Gasteiger partial charge on any atom is 0.183 e. The number of aliphatic hydroxyl groups excluding tert-OH is 1. The first-order valence-corrected chi connectivity index (χ1v) is 11.6. The molecule has 1 N–H and O–H groups in total. The van der Waals surface area contributed by atoms with Gasteiger partial charge in [0, 0.05) is 0 Å². The summed E-state index contributed by atoms with van der Waals surface area (Å²) >= 11 is 0. The fourth-order valence-corrected chi connectivity index (χ4v) is 3.89. The van der Waals surface area contributed by atoms with Crippen LogP contribution in [0.5, 0.6) is 11.5 Å². The number of aliphatic hydroxyl groups is 1. The molecule has 3 aromatic rings. The summed E-state index contributed by atoms with van der Waals surface area (Å²) in [5.74, 6) is 1.56. The van der Waals surface area contributed by atoms with Crippen molar-refractivity contribution in [3.05, 3.63) is 95.6 Å². The molecule has 4 rings (SSSR count). The van der Waals surface area contributed by atoms with Crippen molar-refractivity contribution in [1.82, 2.24) is 0 Å². The highest BCUT2D eigenvalue weighted by molar-refractivity contribution is 5.27. The molecule has 0 saturated carbocycles. The lowest BCUT2D eigenvalue weighted by atomic mass is 10.0. The summed E-state index contributed by atoms with van der Waals surface area (Å²) in [5, 5.41) is 10.6. The van der Waals surface area contributed by atoms with Crippen LogP contribution in [0.1, 0.15) is 16.7 Å². The van der Waals surface area contributed by atoms with E-state index in [4.69, 9.17) is 28.4 Å². The maximum atomic E-state index is 10.6. The van der Waals surface area contributed by atoms with E-state index < -0.39 is 24.6 Å². The third kappa shape index (κ3) is 7.04. The lowest BCUT2D eigenvalue weighted by Gasteiger charge is -2.40. The molecule has 7 heteroatoms. The summed E-state index contributed by atoms with van der Waals surface area (Å²) < 4.78 is 34.7. The quantitative estimate of drug-likeness (QED) is 0.443. The number of hydrogen-bond acceptors (Lipinski definition) is 7. The van der Waals surface area contributed by atoms with E-state index in [0.717, 1.165) is 28.2 Å². The summed E-state index contributed by atoms with van der Waals surface area (Å²) in [5.41, 5.74) is 2.96. The van der Waals surface area contributed by atoms with Gasteiger partial charge in [0.05, 0.1) is 40.6 Å². The molecule has 0 unspecified atom stereocenters. The molecule has 3 aromatic carbocycles. The van der Waals surface area contributed by atoms with Crippen molar-refractivity contribution in [2.45, 2.75) is 44.4 Å². The lowest BCUT2D eigenvalue weighted by Crippen LogP contribution is -2.56. The van der Waals surface area contributed by atoms with Gasteiger partial charge in [-0.3, -0.25) is 0 Å². The van der Waals surface area contributed by atoms with Crippen molar-refractivity contribution in [3.8, 4) is 11.5 Å². The van der Waals surface area contributed by atoms with Crippen molar-refractivity contribution in [1.29, 1.82) is 0 Å². The average molecular weight is 481 g/mol. The molecule has 35 heavy (non-hydrogen) atoms. The molecule has 0 amide bonds. The molecule has 0 spiro atoms. The van der Waals surface area contributed by atoms with Gasteiger partial charge in [-0.05, 0) is 41.0 Å². The fourth-order valence-electron chi connectivity index (χ4n) is 3.89. The highest BCUT2D eigenvalue weighted by Crippen LogP contribution is 2.26. The standard InChI is InChI=1S/C28H32O7/c1-30-23-12-8-21(9-13-23)16-32-25-19-35-28(29)27(34-17-20-6-4-3-5-7-20)26(25)33-18-22-10-14-24(31-2)15-11-22/h3-15,25-29H,16-19H2,1-2H3/t25-,26+,27-,28+/m1/s1. The molecule has 0 aromatic heterocycles. The zero-order chi connectivity index (χ0) is 24.5. The van der Waals surface area contributed by atoms with Crippen molar-refractivity contribution in [3.63, 3.8) is 0 Å². The normalized spacial score (nSPS) is 22.0. The Kier molecular flexibility index (Phi) is 9.11. The van der Waals surface area contributed by atoms with E-state index in [1.807, 2.05) is 78.9 Å². The van der Waals surface area contributed by atoms with Gasteiger partial charge in [-0.1, -0.05) is 54.6 Å². The minimum absolute atomic E-state index is 0.190. The molecule has 186 valence electrons. The highest BCUT2D eigenvalue weighted by atomic mass is 16.7. The third-order valence-corrected chi connectivity index (χ3v) is 5.91. The Morgan fingerprint density at radius 2 is 1.14 bits per heavy atom. The number of methoxy groups -OCH3 is 2. The Morgan fingerprint density at radius 3 is 1.69 bits per heavy atom. The second-order valence-electron chi connectivity index (χ2n) is 8.31. The van der Waals surface area contributed by atoms with Crippen LogP contribution in [-0.2, 0) is 38.8 Å². The first-order chi connectivity index (χ1) is 17.2. The Bertz CT molecular complexity index is 1010. The zero-order valence-corrected chi connectivity index (χ0v) is 20.0. The molecule has 0 radical (unpaired) electrons. The van der Waals surface area contributed by atoms with Crippen molar-refractivity contribution < 1.29 is 33.5 Å². The van der Waals surface area contributed by atoms with Gasteiger partial charge in [-0.25, -0.2) is 0 Å². The van der Waals surface area contributed by atoms with Crippen molar-refractivity contribution >= 4 is 0 Å². The topological polar surface area (TPSA) is 75.6 Å². The minimum Gasteiger partial charge on any atom is -0.497 e. The number of hydrogen-bond donors (Lipinski definition) is 1. The van der Waals surface area contributed by atoms with Gasteiger partial charge in [0.1, 0.15) is 29.8 Å². The Hall–Kier alpha value is -2.94. The smallest absolute Gasteiger partial charge is 0.183 e.